The number of aromatic nitrogens is 1. The lowest BCUT2D eigenvalue weighted by atomic mass is 10.3. The van der Waals surface area contributed by atoms with Crippen LogP contribution in [0.5, 0.6) is 0 Å². The van der Waals surface area contributed by atoms with E-state index in [9.17, 15) is 18.4 Å². The highest BCUT2D eigenvalue weighted by molar-refractivity contribution is 7.99. The summed E-state index contributed by atoms with van der Waals surface area (Å²) >= 11 is 1.54. The van der Waals surface area contributed by atoms with Crippen molar-refractivity contribution in [2.24, 2.45) is 0 Å². The van der Waals surface area contributed by atoms with Crippen LogP contribution in [-0.2, 0) is 9.53 Å². The molecule has 1 aromatic heterocycles. The van der Waals surface area contributed by atoms with Crippen LogP contribution >= 0.6 is 23.1 Å². The molecular weight excluding hydrogens is 384 g/mol. The number of halogens is 2. The molecule has 0 radical (unpaired) electrons. The molecule has 0 saturated carbocycles. The largest absolute Gasteiger partial charge is 0.451 e. The first-order valence-electron chi connectivity index (χ1n) is 7.30. The Kier molecular flexibility index (Phi) is 7.54. The molecule has 0 aliphatic heterocycles. The summed E-state index contributed by atoms with van der Waals surface area (Å²) in [7, 11) is 0. The van der Waals surface area contributed by atoms with E-state index < -0.39 is 24.2 Å². The first-order valence-corrected chi connectivity index (χ1v) is 9.06. The van der Waals surface area contributed by atoms with E-state index in [2.05, 4.69) is 22.2 Å². The molecule has 0 atom stereocenters. The maximum absolute atomic E-state index is 12.5. The van der Waals surface area contributed by atoms with Crippen molar-refractivity contribution in [3.8, 4) is 0 Å². The first-order chi connectivity index (χ1) is 12.5. The Hall–Kier alpha value is -2.46. The molecule has 10 heteroatoms. The Labute approximate surface area is 156 Å². The molecule has 0 bridgehead atoms. The number of nitrogens with zero attached hydrogens (tertiary/aromatic N) is 1. The Morgan fingerprint density at radius 1 is 1.38 bits per heavy atom. The zero-order chi connectivity index (χ0) is 18.9. The molecule has 138 valence electrons. The maximum atomic E-state index is 12.5. The van der Waals surface area contributed by atoms with Crippen LogP contribution in [0.2, 0.25) is 0 Å². The predicted molar refractivity (Wildman–Crippen MR) is 98.0 cm³/mol. The molecule has 2 N–H and O–H groups in total. The van der Waals surface area contributed by atoms with Crippen molar-refractivity contribution >= 4 is 45.8 Å². The number of nitrogens with one attached hydrogen (secondary N) is 2. The second kappa shape index (κ2) is 9.88. The maximum Gasteiger partial charge on any atom is 0.358 e. The van der Waals surface area contributed by atoms with Crippen LogP contribution in [0.3, 0.4) is 0 Å². The SMILES string of the molecule is C=CCNc1nc(C(=O)OCC(=O)Nc2ccccc2SC(F)F)cs1. The summed E-state index contributed by atoms with van der Waals surface area (Å²) in [6, 6.07) is 6.14. The van der Waals surface area contributed by atoms with Crippen molar-refractivity contribution < 1.29 is 23.1 Å². The number of hydrogen-bond acceptors (Lipinski definition) is 7. The summed E-state index contributed by atoms with van der Waals surface area (Å²) in [5.74, 6) is -4.00. The molecule has 0 unspecified atom stereocenters. The molecule has 0 aliphatic carbocycles. The molecule has 1 amide bonds. The van der Waals surface area contributed by atoms with Gasteiger partial charge in [0.25, 0.3) is 11.7 Å². The van der Waals surface area contributed by atoms with Crippen molar-refractivity contribution in [2.75, 3.05) is 23.8 Å². The number of thioether (sulfide) groups is 1. The van der Waals surface area contributed by atoms with Crippen LogP contribution in [0, 0.1) is 0 Å². The summed E-state index contributed by atoms with van der Waals surface area (Å²) in [6.45, 7) is 3.50. The van der Waals surface area contributed by atoms with Gasteiger partial charge in [-0.05, 0) is 12.1 Å². The van der Waals surface area contributed by atoms with Gasteiger partial charge in [0.05, 0.1) is 5.69 Å². The number of alkyl halides is 2. The van der Waals surface area contributed by atoms with Crippen molar-refractivity contribution in [2.45, 2.75) is 10.7 Å². The van der Waals surface area contributed by atoms with Crippen molar-refractivity contribution in [1.82, 2.24) is 4.98 Å². The van der Waals surface area contributed by atoms with Gasteiger partial charge in [-0.15, -0.1) is 17.9 Å². The standard InChI is InChI=1S/C16H15F2N3O3S2/c1-2-7-19-16-21-11(9-25-16)14(23)24-8-13(22)20-10-5-3-4-6-12(10)26-15(17)18/h2-6,9,15H,1,7-8H2,(H,19,21)(H,20,22). The van der Waals surface area contributed by atoms with E-state index >= 15 is 0 Å². The summed E-state index contributed by atoms with van der Waals surface area (Å²) in [6.07, 6.45) is 1.65. The van der Waals surface area contributed by atoms with E-state index in [1.807, 2.05) is 0 Å². The Morgan fingerprint density at radius 2 is 2.15 bits per heavy atom. The Morgan fingerprint density at radius 3 is 2.88 bits per heavy atom. The average molecular weight is 399 g/mol. The molecule has 1 heterocycles. The topological polar surface area (TPSA) is 80.3 Å². The number of ether oxygens (including phenoxy) is 1. The number of para-hydroxylation sites is 1. The lowest BCUT2D eigenvalue weighted by Gasteiger charge is -2.10. The van der Waals surface area contributed by atoms with Gasteiger partial charge in [0.2, 0.25) is 0 Å². The Bertz CT molecular complexity index is 784. The van der Waals surface area contributed by atoms with Crippen molar-refractivity contribution in [1.29, 1.82) is 0 Å². The molecule has 6 nitrogen and oxygen atoms in total. The zero-order valence-electron chi connectivity index (χ0n) is 13.4. The number of hydrogen-bond donors (Lipinski definition) is 2. The van der Waals surface area contributed by atoms with Crippen molar-refractivity contribution in [3.63, 3.8) is 0 Å². The summed E-state index contributed by atoms with van der Waals surface area (Å²) < 4.78 is 29.9. The normalized spacial score (nSPS) is 10.4. The summed E-state index contributed by atoms with van der Waals surface area (Å²) in [4.78, 5) is 28.0. The van der Waals surface area contributed by atoms with E-state index in [0.29, 0.717) is 23.4 Å². The van der Waals surface area contributed by atoms with Crippen LogP contribution in [0.4, 0.5) is 19.6 Å². The number of thiazole rings is 1. The smallest absolute Gasteiger partial charge is 0.358 e. The number of carbonyl (C=O) groups excluding carboxylic acids is 2. The molecule has 2 aromatic rings. The average Bonchev–Trinajstić information content (AvgIpc) is 3.08. The molecule has 0 fully saturated rings. The lowest BCUT2D eigenvalue weighted by Crippen LogP contribution is -2.21. The number of rotatable bonds is 9. The van der Waals surface area contributed by atoms with Crippen LogP contribution < -0.4 is 10.6 Å². The number of anilines is 2. The summed E-state index contributed by atoms with van der Waals surface area (Å²) in [5.41, 5.74) is 0.298. The van der Waals surface area contributed by atoms with Gasteiger partial charge in [-0.25, -0.2) is 9.78 Å². The highest BCUT2D eigenvalue weighted by Gasteiger charge is 2.16. The highest BCUT2D eigenvalue weighted by atomic mass is 32.2. The second-order valence-corrected chi connectivity index (χ2v) is 6.60. The van der Waals surface area contributed by atoms with Gasteiger partial charge < -0.3 is 15.4 Å². The highest BCUT2D eigenvalue weighted by Crippen LogP contribution is 2.31. The van der Waals surface area contributed by atoms with Crippen LogP contribution in [-0.4, -0.2) is 35.8 Å². The van der Waals surface area contributed by atoms with Crippen molar-refractivity contribution in [3.05, 3.63) is 48.0 Å². The van der Waals surface area contributed by atoms with Gasteiger partial charge in [-0.2, -0.15) is 8.78 Å². The molecule has 0 aliphatic rings. The fourth-order valence-electron chi connectivity index (χ4n) is 1.77. The van der Waals surface area contributed by atoms with Gasteiger partial charge in [-0.1, -0.05) is 30.0 Å². The van der Waals surface area contributed by atoms with Gasteiger partial charge in [0.15, 0.2) is 17.4 Å². The van der Waals surface area contributed by atoms with Gasteiger partial charge in [0.1, 0.15) is 0 Å². The van der Waals surface area contributed by atoms with E-state index in [4.69, 9.17) is 4.74 Å². The molecule has 0 spiro atoms. The first kappa shape index (κ1) is 19.9. The minimum Gasteiger partial charge on any atom is -0.451 e. The molecule has 2 rings (SSSR count). The molecule has 0 saturated heterocycles. The third kappa shape index (κ3) is 6.12. The van der Waals surface area contributed by atoms with Crippen LogP contribution in [0.15, 0.2) is 47.2 Å². The fraction of sp³-hybridized carbons (Fsp3) is 0.188. The molecule has 1 aromatic carbocycles. The predicted octanol–water partition coefficient (Wildman–Crippen LogP) is 3.85. The minimum absolute atomic E-state index is 0.0722. The van der Waals surface area contributed by atoms with E-state index in [-0.39, 0.29) is 16.3 Å². The van der Waals surface area contributed by atoms with E-state index in [1.165, 1.54) is 28.8 Å². The monoisotopic (exact) mass is 399 g/mol. The van der Waals surface area contributed by atoms with E-state index in [1.54, 1.807) is 18.2 Å². The third-order valence-electron chi connectivity index (χ3n) is 2.82. The number of benzene rings is 1. The molecular formula is C16H15F2N3O3S2. The number of amides is 1. The van der Waals surface area contributed by atoms with Crippen LogP contribution in [0.25, 0.3) is 0 Å². The van der Waals surface area contributed by atoms with Gasteiger partial charge >= 0.3 is 5.97 Å². The minimum atomic E-state index is -2.61. The third-order valence-corrected chi connectivity index (χ3v) is 4.41. The number of esters is 1. The van der Waals surface area contributed by atoms with Gasteiger partial charge in [-0.3, -0.25) is 4.79 Å². The zero-order valence-corrected chi connectivity index (χ0v) is 15.0. The fourth-order valence-corrected chi connectivity index (χ4v) is 3.05. The van der Waals surface area contributed by atoms with E-state index in [0.717, 1.165) is 0 Å². The quantitative estimate of drug-likeness (QED) is 0.379. The Balaban J connectivity index is 1.88. The lowest BCUT2D eigenvalue weighted by molar-refractivity contribution is -0.119. The summed E-state index contributed by atoms with van der Waals surface area (Å²) in [5, 5.41) is 7.40. The van der Waals surface area contributed by atoms with Crippen LogP contribution in [0.1, 0.15) is 10.5 Å². The molecule has 26 heavy (non-hydrogen) atoms. The van der Waals surface area contributed by atoms with Gasteiger partial charge in [0, 0.05) is 16.8 Å². The second-order valence-electron chi connectivity index (χ2n) is 4.71. The number of carbonyl (C=O) groups is 2.